The number of amides is 1. The van der Waals surface area contributed by atoms with Gasteiger partial charge in [0.2, 0.25) is 0 Å². The number of aromatic nitrogens is 3. The van der Waals surface area contributed by atoms with E-state index in [1.807, 2.05) is 65.6 Å². The zero-order valence-corrected chi connectivity index (χ0v) is 20.6. The van der Waals surface area contributed by atoms with Crippen molar-refractivity contribution in [3.63, 3.8) is 0 Å². The Morgan fingerprint density at radius 1 is 1.22 bits per heavy atom. The van der Waals surface area contributed by atoms with Crippen molar-refractivity contribution >= 4 is 28.1 Å². The van der Waals surface area contributed by atoms with Crippen molar-refractivity contribution in [2.75, 3.05) is 17.6 Å². The van der Waals surface area contributed by atoms with Gasteiger partial charge in [0.25, 0.3) is 5.91 Å². The van der Waals surface area contributed by atoms with Gasteiger partial charge in [0.1, 0.15) is 0 Å². The van der Waals surface area contributed by atoms with Crippen LogP contribution >= 0.6 is 11.3 Å². The molecule has 2 aromatic carbocycles. The molecular weight excluding hydrogens is 470 g/mol. The first-order valence-corrected chi connectivity index (χ1v) is 12.8. The number of aryl methyl sites for hydroxylation is 1. The zero-order valence-electron chi connectivity index (χ0n) is 19.8. The fraction of sp³-hybridized carbons (Fsp3) is 0.259. The predicted molar refractivity (Wildman–Crippen MR) is 142 cm³/mol. The number of anilines is 2. The number of nitrogens with two attached hydrogens (primary N) is 1. The van der Waals surface area contributed by atoms with Crippen molar-refractivity contribution in [2.24, 2.45) is 0 Å². The molecule has 8 nitrogen and oxygen atoms in total. The van der Waals surface area contributed by atoms with Crippen molar-refractivity contribution in [2.45, 2.75) is 38.3 Å². The average Bonchev–Trinajstić information content (AvgIpc) is 3.51. The molecule has 182 valence electrons. The molecule has 4 aromatic rings. The summed E-state index contributed by atoms with van der Waals surface area (Å²) >= 11 is 1.54. The smallest absolute Gasteiger partial charge is 0.257 e. The molecule has 0 aliphatic heterocycles. The predicted octanol–water partition coefficient (Wildman–Crippen LogP) is 4.25. The molecule has 2 aromatic heterocycles. The molecule has 0 saturated carbocycles. The van der Waals surface area contributed by atoms with Crippen molar-refractivity contribution in [3.8, 4) is 17.2 Å². The van der Waals surface area contributed by atoms with Gasteiger partial charge < -0.3 is 11.1 Å². The highest BCUT2D eigenvalue weighted by Gasteiger charge is 2.23. The average molecular weight is 498 g/mol. The van der Waals surface area contributed by atoms with Crippen LogP contribution in [0.15, 0.2) is 60.9 Å². The van der Waals surface area contributed by atoms with Crippen molar-refractivity contribution in [3.05, 3.63) is 82.6 Å². The Bertz CT molecular complexity index is 1400. The second-order valence-electron chi connectivity index (χ2n) is 8.89. The van der Waals surface area contributed by atoms with Crippen LogP contribution in [0.2, 0.25) is 0 Å². The number of carbonyl (C=O) groups is 1. The molecule has 0 spiro atoms. The van der Waals surface area contributed by atoms with Crippen LogP contribution in [0.3, 0.4) is 0 Å². The largest absolute Gasteiger partial charge is 0.399 e. The lowest BCUT2D eigenvalue weighted by Crippen LogP contribution is -2.34. The highest BCUT2D eigenvalue weighted by atomic mass is 32.1. The first-order chi connectivity index (χ1) is 17.6. The summed E-state index contributed by atoms with van der Waals surface area (Å²) in [6, 6.07) is 17.8. The first-order valence-electron chi connectivity index (χ1n) is 11.9. The highest BCUT2D eigenvalue weighted by Crippen LogP contribution is 2.30. The maximum absolute atomic E-state index is 13.0. The summed E-state index contributed by atoms with van der Waals surface area (Å²) in [5.41, 5.74) is 11.2. The van der Waals surface area contributed by atoms with Gasteiger partial charge in [-0.2, -0.15) is 10.4 Å². The number of rotatable bonds is 8. The maximum Gasteiger partial charge on any atom is 0.257 e. The normalized spacial score (nSPS) is 14.7. The monoisotopic (exact) mass is 497 g/mol. The van der Waals surface area contributed by atoms with Gasteiger partial charge in [-0.3, -0.25) is 14.8 Å². The van der Waals surface area contributed by atoms with E-state index in [-0.39, 0.29) is 5.91 Å². The van der Waals surface area contributed by atoms with Gasteiger partial charge in [-0.25, -0.2) is 4.98 Å². The van der Waals surface area contributed by atoms with E-state index in [0.717, 1.165) is 47.3 Å². The van der Waals surface area contributed by atoms with Gasteiger partial charge in [-0.15, -0.1) is 11.3 Å². The van der Waals surface area contributed by atoms with E-state index in [1.165, 1.54) is 16.2 Å². The van der Waals surface area contributed by atoms with Crippen molar-refractivity contribution in [1.82, 2.24) is 20.1 Å². The molecule has 0 bridgehead atoms. The summed E-state index contributed by atoms with van der Waals surface area (Å²) < 4.78 is 1.86. The molecule has 1 aliphatic rings. The number of nitrogens with one attached hydrogen (secondary N) is 2. The second kappa shape index (κ2) is 10.7. The van der Waals surface area contributed by atoms with E-state index < -0.39 is 0 Å². The van der Waals surface area contributed by atoms with Gasteiger partial charge >= 0.3 is 0 Å². The molecule has 2 heterocycles. The molecule has 5 rings (SSSR count). The number of thiazole rings is 1. The van der Waals surface area contributed by atoms with Crippen molar-refractivity contribution in [1.29, 1.82) is 5.26 Å². The molecule has 1 amide bonds. The summed E-state index contributed by atoms with van der Waals surface area (Å²) in [4.78, 5) is 18.8. The van der Waals surface area contributed by atoms with E-state index in [2.05, 4.69) is 26.8 Å². The van der Waals surface area contributed by atoms with Crippen LogP contribution < -0.4 is 16.4 Å². The van der Waals surface area contributed by atoms with E-state index >= 15 is 0 Å². The van der Waals surface area contributed by atoms with Gasteiger partial charge in [0, 0.05) is 46.9 Å². The fourth-order valence-electron chi connectivity index (χ4n) is 4.38. The van der Waals surface area contributed by atoms with Crippen LogP contribution in [0.25, 0.3) is 11.1 Å². The lowest BCUT2D eigenvalue weighted by Gasteiger charge is -2.21. The minimum atomic E-state index is -0.172. The lowest BCUT2D eigenvalue weighted by atomic mass is 9.98. The molecule has 9 heteroatoms. The van der Waals surface area contributed by atoms with Crippen LogP contribution in [0.1, 0.15) is 39.3 Å². The summed E-state index contributed by atoms with van der Waals surface area (Å²) in [7, 11) is 0. The standard InChI is InChI=1S/C27H27N7OS/c28-11-2-12-30-23-9-10-24-25(14-23)36-27(32-24)33-26(35)20-4-1-3-18(13-20)16-34-17-21(15-31-34)19-5-7-22(29)8-6-19/h1,3-8,13,15,17,23,30H,2,9-10,12,14,16,29H2,(H,32,33,35)/t23-/m0/s1. The number of benzene rings is 2. The second-order valence-corrected chi connectivity index (χ2v) is 9.98. The van der Waals surface area contributed by atoms with E-state index in [1.54, 1.807) is 0 Å². The number of hydrogen-bond acceptors (Lipinski definition) is 7. The lowest BCUT2D eigenvalue weighted by molar-refractivity contribution is 0.102. The minimum Gasteiger partial charge on any atom is -0.399 e. The minimum absolute atomic E-state index is 0.172. The van der Waals surface area contributed by atoms with Gasteiger partial charge in [-0.05, 0) is 54.7 Å². The third-order valence-electron chi connectivity index (χ3n) is 6.24. The van der Waals surface area contributed by atoms with Gasteiger partial charge in [0.05, 0.1) is 24.5 Å². The van der Waals surface area contributed by atoms with Crippen LogP contribution in [0, 0.1) is 11.3 Å². The molecule has 0 radical (unpaired) electrons. The topological polar surface area (TPSA) is 122 Å². The highest BCUT2D eigenvalue weighted by molar-refractivity contribution is 7.15. The number of nitriles is 1. The number of carbonyl (C=O) groups excluding carboxylic acids is 1. The number of fused-ring (bicyclic) bond motifs is 1. The molecule has 4 N–H and O–H groups in total. The van der Waals surface area contributed by atoms with E-state index in [9.17, 15) is 4.79 Å². The summed E-state index contributed by atoms with van der Waals surface area (Å²) in [5, 5.41) is 20.3. The van der Waals surface area contributed by atoms with Crippen LogP contribution in [0.4, 0.5) is 10.8 Å². The third kappa shape index (κ3) is 5.62. The maximum atomic E-state index is 13.0. The Labute approximate surface area is 213 Å². The first kappa shape index (κ1) is 23.7. The number of nitrogen functional groups attached to an aromatic ring is 1. The molecule has 0 unspecified atom stereocenters. The Morgan fingerprint density at radius 3 is 2.92 bits per heavy atom. The molecule has 1 atom stereocenters. The molecule has 36 heavy (non-hydrogen) atoms. The number of hydrogen-bond donors (Lipinski definition) is 3. The van der Waals surface area contributed by atoms with Gasteiger partial charge in [-0.1, -0.05) is 24.3 Å². The third-order valence-corrected chi connectivity index (χ3v) is 7.28. The van der Waals surface area contributed by atoms with Gasteiger partial charge in [0.15, 0.2) is 5.13 Å². The van der Waals surface area contributed by atoms with Crippen LogP contribution in [0.5, 0.6) is 0 Å². The quantitative estimate of drug-likeness (QED) is 0.247. The molecule has 0 saturated heterocycles. The zero-order chi connectivity index (χ0) is 24.9. The summed E-state index contributed by atoms with van der Waals surface area (Å²) in [5.74, 6) is -0.172. The Morgan fingerprint density at radius 2 is 2.08 bits per heavy atom. The van der Waals surface area contributed by atoms with E-state index in [0.29, 0.717) is 36.2 Å². The summed E-state index contributed by atoms with van der Waals surface area (Å²) in [6.07, 6.45) is 7.08. The number of nitrogens with zero attached hydrogens (tertiary/aromatic N) is 4. The van der Waals surface area contributed by atoms with E-state index in [4.69, 9.17) is 11.0 Å². The van der Waals surface area contributed by atoms with Crippen LogP contribution in [-0.2, 0) is 19.4 Å². The summed E-state index contributed by atoms with van der Waals surface area (Å²) in [6.45, 7) is 1.26. The SMILES string of the molecule is N#CCCN[C@H]1CCc2nc(NC(=O)c3cccc(Cn4cc(-c5ccc(N)cc5)cn4)c3)sc2C1. The Hall–Kier alpha value is -4.00. The molecular formula is C27H27N7OS. The molecule has 0 fully saturated rings. The van der Waals surface area contributed by atoms with Crippen LogP contribution in [-0.4, -0.2) is 33.3 Å². The fourth-order valence-corrected chi connectivity index (χ4v) is 5.46. The van der Waals surface area contributed by atoms with Crippen molar-refractivity contribution < 1.29 is 4.79 Å². The Balaban J connectivity index is 1.22. The molecule has 1 aliphatic carbocycles. The Kier molecular flexibility index (Phi) is 7.07.